The molecule has 3 aliphatic carbocycles. The molecule has 2 aromatic carbocycles. The van der Waals surface area contributed by atoms with E-state index in [1.54, 1.807) is 6.08 Å². The van der Waals surface area contributed by atoms with Gasteiger partial charge in [0, 0.05) is 11.5 Å². The van der Waals surface area contributed by atoms with Gasteiger partial charge in [-0.3, -0.25) is 9.59 Å². The Morgan fingerprint density at radius 2 is 1.58 bits per heavy atom. The molecule has 1 unspecified atom stereocenters. The van der Waals surface area contributed by atoms with Gasteiger partial charge in [0.1, 0.15) is 5.57 Å². The lowest BCUT2D eigenvalue weighted by Crippen LogP contribution is -2.33. The number of aryl methyl sites for hydroxylation is 1. The second-order valence-electron chi connectivity index (χ2n) is 8.48. The Balaban J connectivity index is 1.76. The van der Waals surface area contributed by atoms with Crippen LogP contribution in [0.25, 0.3) is 11.1 Å². The topological polar surface area (TPSA) is 109 Å². The molecule has 2 aromatic rings. The summed E-state index contributed by atoms with van der Waals surface area (Å²) in [5.74, 6) is -6.03. The van der Waals surface area contributed by atoms with Crippen LogP contribution in [0.15, 0.2) is 70.8 Å². The summed E-state index contributed by atoms with van der Waals surface area (Å²) in [6.07, 6.45) is 5.95. The van der Waals surface area contributed by atoms with E-state index in [1.165, 1.54) is 18.1 Å². The highest BCUT2D eigenvalue weighted by molar-refractivity contribution is 6.55. The average Bonchev–Trinajstić information content (AvgIpc) is 2.80. The molecule has 0 amide bonds. The molecular weight excluding hydrogens is 420 g/mol. The molecule has 6 nitrogen and oxygen atoms in total. The van der Waals surface area contributed by atoms with Crippen molar-refractivity contribution in [3.8, 4) is 11.1 Å². The fraction of sp³-hybridized carbons (Fsp3) is 0.185. The molecule has 0 saturated heterocycles. The van der Waals surface area contributed by atoms with Gasteiger partial charge < -0.3 is 10.2 Å². The molecule has 2 N–H and O–H groups in total. The van der Waals surface area contributed by atoms with Gasteiger partial charge in [0.15, 0.2) is 0 Å². The van der Waals surface area contributed by atoms with Crippen molar-refractivity contribution in [2.75, 3.05) is 0 Å². The number of benzene rings is 2. The fourth-order valence-electron chi connectivity index (χ4n) is 5.37. The lowest BCUT2D eigenvalue weighted by molar-refractivity contribution is -0.139. The number of Topliss-reactive ketones (excluding diaryl/α,β-unsaturated/α-hetero) is 2. The third-order valence-electron chi connectivity index (χ3n) is 6.83. The molecule has 0 radical (unpaired) electrons. The number of carboxylic acids is 2. The predicted molar refractivity (Wildman–Crippen MR) is 120 cm³/mol. The summed E-state index contributed by atoms with van der Waals surface area (Å²) in [5, 5.41) is 19.7. The van der Waals surface area contributed by atoms with E-state index in [2.05, 4.69) is 12.1 Å². The van der Waals surface area contributed by atoms with Gasteiger partial charge in [-0.1, -0.05) is 48.6 Å². The van der Waals surface area contributed by atoms with Crippen LogP contribution in [0.4, 0.5) is 0 Å². The molecule has 3 aliphatic rings. The maximum Gasteiger partial charge on any atom is 0.340 e. The number of fused-ring (bicyclic) bond motifs is 5. The van der Waals surface area contributed by atoms with Gasteiger partial charge in [-0.25, -0.2) is 9.59 Å². The van der Waals surface area contributed by atoms with Crippen LogP contribution in [0.3, 0.4) is 0 Å². The summed E-state index contributed by atoms with van der Waals surface area (Å²) >= 11 is 0. The fourth-order valence-corrected chi connectivity index (χ4v) is 5.37. The highest BCUT2D eigenvalue weighted by Gasteiger charge is 2.42. The van der Waals surface area contributed by atoms with Gasteiger partial charge in [0.2, 0.25) is 11.6 Å². The van der Waals surface area contributed by atoms with Gasteiger partial charge in [-0.2, -0.15) is 0 Å². The Morgan fingerprint density at radius 3 is 2.30 bits per heavy atom. The number of carbonyl (C=O) groups is 4. The molecule has 0 fully saturated rings. The van der Waals surface area contributed by atoms with Gasteiger partial charge in [0.25, 0.3) is 0 Å². The van der Waals surface area contributed by atoms with Crippen molar-refractivity contribution in [1.82, 2.24) is 0 Å². The van der Waals surface area contributed by atoms with E-state index in [1.807, 2.05) is 30.3 Å². The SMILES string of the molecule is CC1=C(C(=O)O)C(C2C=CCc3c2ccc2c3CCc3ccccc3-2)=C(C(=O)O)C(=O)C1=O. The zero-order valence-electron chi connectivity index (χ0n) is 17.8. The van der Waals surface area contributed by atoms with Crippen LogP contribution in [0, 0.1) is 0 Å². The van der Waals surface area contributed by atoms with Gasteiger partial charge >= 0.3 is 11.9 Å². The Morgan fingerprint density at radius 1 is 0.848 bits per heavy atom. The lowest BCUT2D eigenvalue weighted by atomic mass is 9.71. The monoisotopic (exact) mass is 440 g/mol. The first-order chi connectivity index (χ1) is 15.8. The maximum absolute atomic E-state index is 12.6. The molecule has 0 heterocycles. The van der Waals surface area contributed by atoms with Crippen LogP contribution in [-0.4, -0.2) is 33.7 Å². The first-order valence-corrected chi connectivity index (χ1v) is 10.7. The van der Waals surface area contributed by atoms with Crippen molar-refractivity contribution in [3.63, 3.8) is 0 Å². The second kappa shape index (κ2) is 7.52. The minimum absolute atomic E-state index is 0.120. The molecular formula is C27H20O6. The van der Waals surface area contributed by atoms with Gasteiger partial charge in [-0.15, -0.1) is 0 Å². The number of ketones is 2. The zero-order chi connectivity index (χ0) is 23.4. The summed E-state index contributed by atoms with van der Waals surface area (Å²) in [6.45, 7) is 1.26. The summed E-state index contributed by atoms with van der Waals surface area (Å²) in [6, 6.07) is 12.1. The van der Waals surface area contributed by atoms with E-state index in [-0.39, 0.29) is 11.1 Å². The molecule has 5 rings (SSSR count). The smallest absolute Gasteiger partial charge is 0.340 e. The van der Waals surface area contributed by atoms with Crippen LogP contribution in [0.1, 0.15) is 35.1 Å². The van der Waals surface area contributed by atoms with E-state index >= 15 is 0 Å². The Kier molecular flexibility index (Phi) is 4.74. The molecule has 0 spiro atoms. The molecule has 0 saturated carbocycles. The van der Waals surface area contributed by atoms with E-state index in [4.69, 9.17) is 0 Å². The number of carbonyl (C=O) groups excluding carboxylic acids is 2. The highest BCUT2D eigenvalue weighted by Crippen LogP contribution is 2.45. The molecule has 33 heavy (non-hydrogen) atoms. The van der Waals surface area contributed by atoms with Crippen molar-refractivity contribution in [2.24, 2.45) is 0 Å². The largest absolute Gasteiger partial charge is 0.478 e. The van der Waals surface area contributed by atoms with Crippen LogP contribution in [-0.2, 0) is 38.4 Å². The average molecular weight is 440 g/mol. The molecule has 1 atom stereocenters. The number of rotatable bonds is 3. The van der Waals surface area contributed by atoms with Crippen molar-refractivity contribution < 1.29 is 29.4 Å². The van der Waals surface area contributed by atoms with Crippen LogP contribution in [0.5, 0.6) is 0 Å². The van der Waals surface area contributed by atoms with Crippen molar-refractivity contribution in [1.29, 1.82) is 0 Å². The first kappa shape index (κ1) is 20.8. The zero-order valence-corrected chi connectivity index (χ0v) is 17.8. The quantitative estimate of drug-likeness (QED) is 0.327. The first-order valence-electron chi connectivity index (χ1n) is 10.7. The van der Waals surface area contributed by atoms with E-state index in [0.717, 1.165) is 35.1 Å². The summed E-state index contributed by atoms with van der Waals surface area (Å²) in [4.78, 5) is 49.2. The third kappa shape index (κ3) is 3.02. The van der Waals surface area contributed by atoms with Crippen molar-refractivity contribution in [2.45, 2.75) is 32.1 Å². The lowest BCUT2D eigenvalue weighted by Gasteiger charge is -2.31. The Hall–Kier alpha value is -4.06. The normalized spacial score (nSPS) is 19.2. The molecule has 0 bridgehead atoms. The Bertz CT molecular complexity index is 1390. The number of aliphatic carboxylic acids is 2. The maximum atomic E-state index is 12.6. The number of allylic oxidation sites excluding steroid dienone is 3. The van der Waals surface area contributed by atoms with Gasteiger partial charge in [-0.05, 0) is 65.1 Å². The minimum atomic E-state index is -1.60. The van der Waals surface area contributed by atoms with Crippen molar-refractivity contribution in [3.05, 3.63) is 93.1 Å². The number of hydrogen-bond acceptors (Lipinski definition) is 4. The highest BCUT2D eigenvalue weighted by atomic mass is 16.4. The third-order valence-corrected chi connectivity index (χ3v) is 6.83. The second-order valence-corrected chi connectivity index (χ2v) is 8.48. The van der Waals surface area contributed by atoms with Crippen LogP contribution < -0.4 is 0 Å². The summed E-state index contributed by atoms with van der Waals surface area (Å²) in [7, 11) is 0. The van der Waals surface area contributed by atoms with E-state index < -0.39 is 40.6 Å². The van der Waals surface area contributed by atoms with Crippen molar-refractivity contribution >= 4 is 23.5 Å². The summed E-state index contributed by atoms with van der Waals surface area (Å²) < 4.78 is 0. The standard InChI is InChI=1S/C27H20O6/c1-13-21(26(30)31)22(23(27(32)33)25(29)24(13)28)20-8-4-7-16-18-10-9-14-5-2-3-6-15(14)17(18)11-12-19(16)20/h2-6,8,11-12,20H,7,9-10H2,1H3,(H,30,31)(H,32,33). The minimum Gasteiger partial charge on any atom is -0.478 e. The van der Waals surface area contributed by atoms with Crippen LogP contribution in [0.2, 0.25) is 0 Å². The van der Waals surface area contributed by atoms with Crippen LogP contribution >= 0.6 is 0 Å². The molecule has 6 heteroatoms. The predicted octanol–water partition coefficient (Wildman–Crippen LogP) is 3.58. The number of carboxylic acid groups (broad SMARTS) is 2. The van der Waals surface area contributed by atoms with E-state index in [0.29, 0.717) is 6.42 Å². The van der Waals surface area contributed by atoms with E-state index in [9.17, 15) is 29.4 Å². The molecule has 0 aromatic heterocycles. The molecule has 0 aliphatic heterocycles. The number of hydrogen-bond donors (Lipinski definition) is 2. The molecule has 164 valence electrons. The van der Waals surface area contributed by atoms with Gasteiger partial charge in [0.05, 0.1) is 5.57 Å². The summed E-state index contributed by atoms with van der Waals surface area (Å²) in [5.41, 5.74) is 5.01. The Labute approximate surface area is 189 Å².